The molecule has 3 heteroatoms. The molecule has 76 valence electrons. The fourth-order valence-electron chi connectivity index (χ4n) is 2.51. The molecule has 2 bridgehead atoms. The maximum absolute atomic E-state index is 9.99. The second-order valence-corrected chi connectivity index (χ2v) is 5.12. The van der Waals surface area contributed by atoms with Gasteiger partial charge in [-0.05, 0) is 39.5 Å². The lowest BCUT2D eigenvalue weighted by molar-refractivity contribution is -0.156. The van der Waals surface area contributed by atoms with Gasteiger partial charge in [0.05, 0.1) is 17.8 Å². The van der Waals surface area contributed by atoms with E-state index in [9.17, 15) is 10.2 Å². The molecular weight excluding hydrogens is 168 g/mol. The highest BCUT2D eigenvalue weighted by molar-refractivity contribution is 5.06. The summed E-state index contributed by atoms with van der Waals surface area (Å²) in [5.41, 5.74) is -1.25. The Bertz CT molecular complexity index is 222. The van der Waals surface area contributed by atoms with E-state index in [0.29, 0.717) is 12.3 Å². The van der Waals surface area contributed by atoms with Crippen LogP contribution in [0.3, 0.4) is 0 Å². The monoisotopic (exact) mass is 186 g/mol. The standard InChI is InChI=1S/C10H18O3/c1-9(2)6-4-7(11)10(3,12)8(5-6)13-9/h6-8,11-12H,4-5H2,1-3H3/t6-,7-,8-,10-/m1/s1. The molecule has 2 aliphatic rings. The molecule has 1 aliphatic heterocycles. The van der Waals surface area contributed by atoms with Crippen molar-refractivity contribution in [2.75, 3.05) is 0 Å². The van der Waals surface area contributed by atoms with Crippen LogP contribution in [0.25, 0.3) is 0 Å². The lowest BCUT2D eigenvalue weighted by Gasteiger charge is -2.37. The van der Waals surface area contributed by atoms with Gasteiger partial charge in [0.25, 0.3) is 0 Å². The van der Waals surface area contributed by atoms with E-state index < -0.39 is 11.7 Å². The molecular formula is C10H18O3. The summed E-state index contributed by atoms with van der Waals surface area (Å²) < 4.78 is 5.75. The van der Waals surface area contributed by atoms with E-state index in [0.717, 1.165) is 6.42 Å². The number of ether oxygens (including phenoxy) is 1. The Morgan fingerprint density at radius 1 is 1.23 bits per heavy atom. The molecule has 0 amide bonds. The van der Waals surface area contributed by atoms with Crippen LogP contribution in [-0.4, -0.2) is 33.6 Å². The molecule has 0 aromatic carbocycles. The van der Waals surface area contributed by atoms with E-state index in [1.165, 1.54) is 0 Å². The van der Waals surface area contributed by atoms with E-state index in [1.54, 1.807) is 6.92 Å². The average molecular weight is 186 g/mol. The van der Waals surface area contributed by atoms with Crippen LogP contribution in [0.2, 0.25) is 0 Å². The smallest absolute Gasteiger partial charge is 0.114 e. The van der Waals surface area contributed by atoms with E-state index in [2.05, 4.69) is 0 Å². The summed E-state index contributed by atoms with van der Waals surface area (Å²) in [5, 5.41) is 19.7. The number of fused-ring (bicyclic) bond motifs is 2. The van der Waals surface area contributed by atoms with Gasteiger partial charge in [-0.15, -0.1) is 0 Å². The van der Waals surface area contributed by atoms with Gasteiger partial charge >= 0.3 is 0 Å². The molecule has 3 nitrogen and oxygen atoms in total. The van der Waals surface area contributed by atoms with Crippen molar-refractivity contribution in [3.8, 4) is 0 Å². The first kappa shape index (κ1) is 9.44. The number of hydrogen-bond acceptors (Lipinski definition) is 3. The zero-order chi connectivity index (χ0) is 9.85. The average Bonchev–Trinajstić information content (AvgIpc) is 2.23. The lowest BCUT2D eigenvalue weighted by atomic mass is 9.73. The summed E-state index contributed by atoms with van der Waals surface area (Å²) in [4.78, 5) is 0. The summed E-state index contributed by atoms with van der Waals surface area (Å²) in [7, 11) is 0. The highest BCUT2D eigenvalue weighted by atomic mass is 16.5. The zero-order valence-electron chi connectivity index (χ0n) is 8.45. The van der Waals surface area contributed by atoms with Crippen molar-refractivity contribution in [2.24, 2.45) is 5.92 Å². The van der Waals surface area contributed by atoms with Gasteiger partial charge in [-0.25, -0.2) is 0 Å². The van der Waals surface area contributed by atoms with Gasteiger partial charge in [-0.2, -0.15) is 0 Å². The Morgan fingerprint density at radius 3 is 2.46 bits per heavy atom. The molecule has 0 unspecified atom stereocenters. The highest BCUT2D eigenvalue weighted by Crippen LogP contribution is 2.48. The van der Waals surface area contributed by atoms with Gasteiger partial charge in [-0.1, -0.05) is 0 Å². The Morgan fingerprint density at radius 2 is 1.85 bits per heavy atom. The number of aliphatic hydroxyl groups excluding tert-OH is 1. The van der Waals surface area contributed by atoms with E-state index in [-0.39, 0.29) is 11.7 Å². The molecule has 0 aromatic rings. The zero-order valence-corrected chi connectivity index (χ0v) is 8.45. The van der Waals surface area contributed by atoms with Crippen molar-refractivity contribution >= 4 is 0 Å². The van der Waals surface area contributed by atoms with E-state index in [1.807, 2.05) is 13.8 Å². The molecule has 1 saturated heterocycles. The normalized spacial score (nSPS) is 53.8. The van der Waals surface area contributed by atoms with Crippen LogP contribution in [0.4, 0.5) is 0 Å². The van der Waals surface area contributed by atoms with Crippen molar-refractivity contribution in [1.82, 2.24) is 0 Å². The molecule has 13 heavy (non-hydrogen) atoms. The van der Waals surface area contributed by atoms with Gasteiger partial charge < -0.3 is 14.9 Å². The van der Waals surface area contributed by atoms with Gasteiger partial charge in [0, 0.05) is 0 Å². The second kappa shape index (κ2) is 2.47. The topological polar surface area (TPSA) is 49.7 Å². The molecule has 2 rings (SSSR count). The number of rotatable bonds is 0. The largest absolute Gasteiger partial charge is 0.390 e. The van der Waals surface area contributed by atoms with Crippen molar-refractivity contribution in [1.29, 1.82) is 0 Å². The van der Waals surface area contributed by atoms with Gasteiger partial charge in [0.1, 0.15) is 5.60 Å². The molecule has 0 radical (unpaired) electrons. The van der Waals surface area contributed by atoms with E-state index in [4.69, 9.17) is 4.74 Å². The molecule has 2 fully saturated rings. The van der Waals surface area contributed by atoms with Crippen molar-refractivity contribution in [3.63, 3.8) is 0 Å². The van der Waals surface area contributed by atoms with Crippen LogP contribution in [0.5, 0.6) is 0 Å². The fourth-order valence-corrected chi connectivity index (χ4v) is 2.51. The molecule has 0 aromatic heterocycles. The summed E-state index contributed by atoms with van der Waals surface area (Å²) in [6.07, 6.45) is 0.683. The third kappa shape index (κ3) is 1.22. The molecule has 0 spiro atoms. The Balaban J connectivity index is 2.27. The fraction of sp³-hybridized carbons (Fsp3) is 1.00. The van der Waals surface area contributed by atoms with E-state index >= 15 is 0 Å². The third-order valence-electron chi connectivity index (χ3n) is 3.76. The minimum atomic E-state index is -1.07. The molecule has 2 N–H and O–H groups in total. The van der Waals surface area contributed by atoms with Crippen LogP contribution >= 0.6 is 0 Å². The van der Waals surface area contributed by atoms with Crippen molar-refractivity contribution < 1.29 is 14.9 Å². The first-order valence-corrected chi connectivity index (χ1v) is 4.92. The minimum absolute atomic E-state index is 0.188. The lowest BCUT2D eigenvalue weighted by Crippen LogP contribution is -2.51. The van der Waals surface area contributed by atoms with Crippen molar-refractivity contribution in [3.05, 3.63) is 0 Å². The highest BCUT2D eigenvalue weighted by Gasteiger charge is 2.56. The van der Waals surface area contributed by atoms with Crippen LogP contribution < -0.4 is 0 Å². The molecule has 1 saturated carbocycles. The quantitative estimate of drug-likeness (QED) is 0.585. The summed E-state index contributed by atoms with van der Waals surface area (Å²) in [5.74, 6) is 0.382. The number of hydrogen-bond donors (Lipinski definition) is 2. The SMILES string of the molecule is CC1(C)O[C@@H]2C[C@H]1C[C@@H](O)[C@@]2(C)O. The van der Waals surface area contributed by atoms with Crippen LogP contribution in [0, 0.1) is 5.92 Å². The molecule has 1 heterocycles. The van der Waals surface area contributed by atoms with Gasteiger partial charge in [0.15, 0.2) is 0 Å². The Labute approximate surface area is 78.7 Å². The number of aliphatic hydroxyl groups is 2. The first-order valence-electron chi connectivity index (χ1n) is 4.92. The van der Waals surface area contributed by atoms with Gasteiger partial charge in [-0.3, -0.25) is 0 Å². The van der Waals surface area contributed by atoms with Crippen molar-refractivity contribution in [2.45, 2.75) is 57.0 Å². The third-order valence-corrected chi connectivity index (χ3v) is 3.76. The van der Waals surface area contributed by atoms with Crippen LogP contribution in [-0.2, 0) is 4.74 Å². The minimum Gasteiger partial charge on any atom is -0.390 e. The summed E-state index contributed by atoms with van der Waals surface area (Å²) in [6.45, 7) is 5.73. The molecule has 4 atom stereocenters. The van der Waals surface area contributed by atoms with Crippen LogP contribution in [0.1, 0.15) is 33.6 Å². The van der Waals surface area contributed by atoms with Gasteiger partial charge in [0.2, 0.25) is 0 Å². The Kier molecular flexibility index (Phi) is 1.79. The van der Waals surface area contributed by atoms with Crippen LogP contribution in [0.15, 0.2) is 0 Å². The second-order valence-electron chi connectivity index (χ2n) is 5.12. The first-order chi connectivity index (χ1) is 5.84. The predicted molar refractivity (Wildman–Crippen MR) is 48.3 cm³/mol. The summed E-state index contributed by atoms with van der Waals surface area (Å²) >= 11 is 0. The maximum atomic E-state index is 9.99. The predicted octanol–water partition coefficient (Wildman–Crippen LogP) is 0.686. The summed E-state index contributed by atoms with van der Waals surface area (Å²) in [6, 6.07) is 0. The Hall–Kier alpha value is -0.120. The molecule has 1 aliphatic carbocycles. The maximum Gasteiger partial charge on any atom is 0.114 e.